The molecular weight excluding hydrogens is 240 g/mol. The number of carbonyl (C=O) groups is 1. The van der Waals surface area contributed by atoms with E-state index in [1.165, 1.54) is 5.56 Å². The van der Waals surface area contributed by atoms with Gasteiger partial charge in [-0.1, -0.05) is 18.2 Å². The number of piperidine rings is 1. The zero-order valence-electron chi connectivity index (χ0n) is 11.3. The molecule has 2 atom stereocenters. The van der Waals surface area contributed by atoms with Gasteiger partial charge in [0.05, 0.1) is 6.10 Å². The summed E-state index contributed by atoms with van der Waals surface area (Å²) < 4.78 is 5.38. The number of amides is 1. The molecule has 4 heteroatoms. The zero-order valence-corrected chi connectivity index (χ0v) is 11.3. The van der Waals surface area contributed by atoms with Gasteiger partial charge in [0.2, 0.25) is 5.91 Å². The van der Waals surface area contributed by atoms with Crippen LogP contribution in [-0.2, 0) is 16.0 Å². The lowest BCUT2D eigenvalue weighted by Crippen LogP contribution is -2.48. The Morgan fingerprint density at radius 2 is 2.26 bits per heavy atom. The Hall–Kier alpha value is -1.55. The number of nitrogens with zero attached hydrogens (tertiary/aromatic N) is 1. The number of benzene rings is 1. The lowest BCUT2D eigenvalue weighted by Gasteiger charge is -2.33. The molecule has 0 radical (unpaired) electrons. The summed E-state index contributed by atoms with van der Waals surface area (Å²) in [6, 6.07) is 8.05. The van der Waals surface area contributed by atoms with Crippen LogP contribution in [0.2, 0.25) is 0 Å². The van der Waals surface area contributed by atoms with E-state index in [9.17, 15) is 4.79 Å². The van der Waals surface area contributed by atoms with Crippen LogP contribution in [0.5, 0.6) is 0 Å². The molecule has 0 aromatic heterocycles. The van der Waals surface area contributed by atoms with Crippen molar-refractivity contribution in [2.45, 2.75) is 31.4 Å². The maximum Gasteiger partial charge on any atom is 0.245 e. The highest BCUT2D eigenvalue weighted by Crippen LogP contribution is 2.26. The van der Waals surface area contributed by atoms with Crippen molar-refractivity contribution in [2.75, 3.05) is 25.5 Å². The lowest BCUT2D eigenvalue weighted by atomic mass is 10.1. The smallest absolute Gasteiger partial charge is 0.245 e. The molecule has 1 aromatic carbocycles. The molecule has 1 amide bonds. The first-order valence-corrected chi connectivity index (χ1v) is 6.94. The second-order valence-corrected chi connectivity index (χ2v) is 5.34. The van der Waals surface area contributed by atoms with E-state index in [0.717, 1.165) is 38.0 Å². The lowest BCUT2D eigenvalue weighted by molar-refractivity contribution is -0.135. The van der Waals surface area contributed by atoms with E-state index in [2.05, 4.69) is 11.4 Å². The van der Waals surface area contributed by atoms with Gasteiger partial charge in [-0.05, 0) is 24.5 Å². The maximum atomic E-state index is 12.5. The number of ether oxygens (including phenoxy) is 1. The summed E-state index contributed by atoms with van der Waals surface area (Å²) in [6.45, 7) is 1.58. The predicted molar refractivity (Wildman–Crippen MR) is 74.2 cm³/mol. The average molecular weight is 260 g/mol. The third-order valence-corrected chi connectivity index (χ3v) is 4.09. The topological polar surface area (TPSA) is 41.6 Å². The number of methoxy groups -OCH3 is 1. The average Bonchev–Trinajstić information content (AvgIpc) is 2.90. The van der Waals surface area contributed by atoms with Gasteiger partial charge in [-0.15, -0.1) is 0 Å². The highest BCUT2D eigenvalue weighted by molar-refractivity contribution is 5.87. The Labute approximate surface area is 113 Å². The molecule has 1 fully saturated rings. The molecule has 19 heavy (non-hydrogen) atoms. The summed E-state index contributed by atoms with van der Waals surface area (Å²) >= 11 is 0. The molecular formula is C15H20N2O2. The van der Waals surface area contributed by atoms with Gasteiger partial charge in [-0.25, -0.2) is 0 Å². The SMILES string of the molecule is COC1CCCN(C(=O)[C@@H]2Cc3ccccc3N2)C1. The Kier molecular flexibility index (Phi) is 3.42. The van der Waals surface area contributed by atoms with Crippen molar-refractivity contribution in [1.29, 1.82) is 0 Å². The van der Waals surface area contributed by atoms with Crippen LogP contribution >= 0.6 is 0 Å². The van der Waals surface area contributed by atoms with Gasteiger partial charge < -0.3 is 15.0 Å². The van der Waals surface area contributed by atoms with Crippen LogP contribution in [0.3, 0.4) is 0 Å². The molecule has 1 saturated heterocycles. The van der Waals surface area contributed by atoms with Crippen LogP contribution in [0.1, 0.15) is 18.4 Å². The monoisotopic (exact) mass is 260 g/mol. The number of nitrogens with one attached hydrogen (secondary N) is 1. The molecule has 1 aromatic rings. The largest absolute Gasteiger partial charge is 0.380 e. The van der Waals surface area contributed by atoms with Crippen LogP contribution < -0.4 is 5.32 Å². The number of rotatable bonds is 2. The van der Waals surface area contributed by atoms with Crippen molar-refractivity contribution in [1.82, 2.24) is 4.90 Å². The number of hydrogen-bond acceptors (Lipinski definition) is 3. The Bertz CT molecular complexity index is 450. The summed E-state index contributed by atoms with van der Waals surface area (Å²) in [5.41, 5.74) is 2.34. The molecule has 0 aliphatic carbocycles. The highest BCUT2D eigenvalue weighted by Gasteiger charge is 2.32. The van der Waals surface area contributed by atoms with E-state index in [1.54, 1.807) is 7.11 Å². The van der Waals surface area contributed by atoms with Gasteiger partial charge in [0.1, 0.15) is 6.04 Å². The number of carbonyl (C=O) groups excluding carboxylic acids is 1. The minimum absolute atomic E-state index is 0.104. The van der Waals surface area contributed by atoms with Crippen LogP contribution in [-0.4, -0.2) is 43.2 Å². The summed E-state index contributed by atoms with van der Waals surface area (Å²) in [5, 5.41) is 3.33. The third-order valence-electron chi connectivity index (χ3n) is 4.09. The first-order chi connectivity index (χ1) is 9.28. The van der Waals surface area contributed by atoms with Gasteiger partial charge in [0.25, 0.3) is 0 Å². The van der Waals surface area contributed by atoms with E-state index in [1.807, 2.05) is 23.1 Å². The first kappa shape index (κ1) is 12.5. The van der Waals surface area contributed by atoms with Crippen molar-refractivity contribution in [3.05, 3.63) is 29.8 Å². The minimum atomic E-state index is -0.104. The number of hydrogen-bond donors (Lipinski definition) is 1. The third kappa shape index (κ3) is 2.45. The molecule has 3 rings (SSSR count). The van der Waals surface area contributed by atoms with Crippen molar-refractivity contribution in [3.8, 4) is 0 Å². The number of anilines is 1. The fraction of sp³-hybridized carbons (Fsp3) is 0.533. The Balaban J connectivity index is 1.66. The first-order valence-electron chi connectivity index (χ1n) is 6.94. The van der Waals surface area contributed by atoms with Crippen molar-refractivity contribution >= 4 is 11.6 Å². The molecule has 2 aliphatic heterocycles. The summed E-state index contributed by atoms with van der Waals surface area (Å²) in [5.74, 6) is 0.206. The summed E-state index contributed by atoms with van der Waals surface area (Å²) in [7, 11) is 1.72. The highest BCUT2D eigenvalue weighted by atomic mass is 16.5. The molecule has 1 unspecified atom stereocenters. The molecule has 4 nitrogen and oxygen atoms in total. The molecule has 2 aliphatic rings. The predicted octanol–water partition coefficient (Wildman–Crippen LogP) is 1.66. The number of likely N-dealkylation sites (tertiary alicyclic amines) is 1. The zero-order chi connectivity index (χ0) is 13.2. The fourth-order valence-corrected chi connectivity index (χ4v) is 3.00. The molecule has 1 N–H and O–H groups in total. The van der Waals surface area contributed by atoms with Gasteiger partial charge >= 0.3 is 0 Å². The van der Waals surface area contributed by atoms with Crippen LogP contribution in [0.25, 0.3) is 0 Å². The van der Waals surface area contributed by atoms with Crippen LogP contribution in [0.15, 0.2) is 24.3 Å². The standard InChI is InChI=1S/C15H20N2O2/c1-19-12-6-4-8-17(10-12)15(18)14-9-11-5-2-3-7-13(11)16-14/h2-3,5,7,12,14,16H,4,6,8-10H2,1H3/t12?,14-/m0/s1. The van der Waals surface area contributed by atoms with Crippen LogP contribution in [0.4, 0.5) is 5.69 Å². The normalized spacial score (nSPS) is 25.8. The van der Waals surface area contributed by atoms with Gasteiger partial charge in [0.15, 0.2) is 0 Å². The summed E-state index contributed by atoms with van der Waals surface area (Å²) in [4.78, 5) is 14.5. The number of para-hydroxylation sites is 1. The van der Waals surface area contributed by atoms with Crippen molar-refractivity contribution in [3.63, 3.8) is 0 Å². The Morgan fingerprint density at radius 1 is 1.42 bits per heavy atom. The van der Waals surface area contributed by atoms with Crippen molar-refractivity contribution < 1.29 is 9.53 Å². The van der Waals surface area contributed by atoms with E-state index >= 15 is 0 Å². The van der Waals surface area contributed by atoms with Crippen molar-refractivity contribution in [2.24, 2.45) is 0 Å². The minimum Gasteiger partial charge on any atom is -0.380 e. The second-order valence-electron chi connectivity index (χ2n) is 5.34. The van der Waals surface area contributed by atoms with Crippen LogP contribution in [0, 0.1) is 0 Å². The van der Waals surface area contributed by atoms with E-state index in [-0.39, 0.29) is 18.1 Å². The summed E-state index contributed by atoms with van der Waals surface area (Å²) in [6.07, 6.45) is 3.08. The molecule has 0 saturated carbocycles. The Morgan fingerprint density at radius 3 is 3.05 bits per heavy atom. The fourth-order valence-electron chi connectivity index (χ4n) is 3.00. The van der Waals surface area contributed by atoms with E-state index < -0.39 is 0 Å². The second kappa shape index (κ2) is 5.21. The molecule has 0 bridgehead atoms. The van der Waals surface area contributed by atoms with Gasteiger partial charge in [0, 0.05) is 32.3 Å². The molecule has 102 valence electrons. The quantitative estimate of drug-likeness (QED) is 0.879. The number of fused-ring (bicyclic) bond motifs is 1. The van der Waals surface area contributed by atoms with E-state index in [0.29, 0.717) is 0 Å². The molecule has 2 heterocycles. The molecule has 0 spiro atoms. The van der Waals surface area contributed by atoms with Gasteiger partial charge in [-0.3, -0.25) is 4.79 Å². The van der Waals surface area contributed by atoms with Gasteiger partial charge in [-0.2, -0.15) is 0 Å². The maximum absolute atomic E-state index is 12.5. The van der Waals surface area contributed by atoms with E-state index in [4.69, 9.17) is 4.74 Å².